The predicted molar refractivity (Wildman–Crippen MR) is 83.5 cm³/mol. The van der Waals surface area contributed by atoms with Crippen LogP contribution in [0.3, 0.4) is 0 Å². The van der Waals surface area contributed by atoms with Crippen LogP contribution in [0.5, 0.6) is 0 Å². The van der Waals surface area contributed by atoms with Gasteiger partial charge in [-0.05, 0) is 24.9 Å². The Morgan fingerprint density at radius 1 is 1.25 bits per heavy atom. The summed E-state index contributed by atoms with van der Waals surface area (Å²) in [5.41, 5.74) is 1.03. The maximum Gasteiger partial charge on any atom is 0.0964 e. The van der Waals surface area contributed by atoms with Gasteiger partial charge in [0.2, 0.25) is 0 Å². The molecule has 0 unspecified atom stereocenters. The summed E-state index contributed by atoms with van der Waals surface area (Å²) in [4.78, 5) is 2.46. The minimum absolute atomic E-state index is 0.666. The van der Waals surface area contributed by atoms with E-state index < -0.39 is 0 Å². The summed E-state index contributed by atoms with van der Waals surface area (Å²) >= 11 is 0. The zero-order valence-electron chi connectivity index (χ0n) is 13.8. The highest BCUT2D eigenvalue weighted by Crippen LogP contribution is 2.00. The molecule has 0 aliphatic rings. The average Bonchev–Trinajstić information content (AvgIpc) is 2.81. The van der Waals surface area contributed by atoms with Gasteiger partial charge in [0.25, 0.3) is 0 Å². The smallest absolute Gasteiger partial charge is 0.0964 e. The fourth-order valence-electron chi connectivity index (χ4n) is 2.16. The van der Waals surface area contributed by atoms with Gasteiger partial charge in [-0.25, -0.2) is 0 Å². The lowest BCUT2D eigenvalue weighted by molar-refractivity contribution is 0.242. The van der Waals surface area contributed by atoms with E-state index in [1.54, 1.807) is 0 Å². The summed E-state index contributed by atoms with van der Waals surface area (Å²) in [6, 6.07) is 0. The Balaban J connectivity index is 2.32. The van der Waals surface area contributed by atoms with Crippen LogP contribution in [0.1, 0.15) is 40.3 Å². The highest BCUT2D eigenvalue weighted by atomic mass is 15.4. The van der Waals surface area contributed by atoms with Crippen molar-refractivity contribution in [2.75, 3.05) is 26.2 Å². The molecule has 0 amide bonds. The second kappa shape index (κ2) is 9.08. The molecule has 1 aromatic heterocycles. The predicted octanol–water partition coefficient (Wildman–Crippen LogP) is 2.00. The van der Waals surface area contributed by atoms with E-state index in [1.165, 1.54) is 0 Å². The van der Waals surface area contributed by atoms with Crippen molar-refractivity contribution in [3.8, 4) is 0 Å². The molecule has 0 bridgehead atoms. The van der Waals surface area contributed by atoms with Gasteiger partial charge >= 0.3 is 0 Å². The molecular formula is C15H31N5. The summed E-state index contributed by atoms with van der Waals surface area (Å²) in [6.07, 6.45) is 2.05. The standard InChI is InChI=1S/C15H31N5/c1-6-19(11-14(4)5)7-8-20-12-15(17-18-20)10-16-9-13(2)3/h12-14,16H,6-11H2,1-5H3. The number of nitrogens with one attached hydrogen (secondary N) is 1. The summed E-state index contributed by atoms with van der Waals surface area (Å²) < 4.78 is 1.95. The molecule has 5 heteroatoms. The van der Waals surface area contributed by atoms with Crippen LogP contribution in [0.4, 0.5) is 0 Å². The first-order chi connectivity index (χ1) is 9.51. The van der Waals surface area contributed by atoms with Crippen molar-refractivity contribution in [1.29, 1.82) is 0 Å². The third-order valence-corrected chi connectivity index (χ3v) is 3.16. The molecule has 20 heavy (non-hydrogen) atoms. The zero-order chi connectivity index (χ0) is 15.0. The number of aromatic nitrogens is 3. The van der Waals surface area contributed by atoms with Crippen molar-refractivity contribution in [2.45, 2.75) is 47.7 Å². The maximum atomic E-state index is 4.21. The van der Waals surface area contributed by atoms with Crippen LogP contribution >= 0.6 is 0 Å². The molecule has 1 N–H and O–H groups in total. The largest absolute Gasteiger partial charge is 0.311 e. The van der Waals surface area contributed by atoms with Crippen LogP contribution in [-0.4, -0.2) is 46.1 Å². The third-order valence-electron chi connectivity index (χ3n) is 3.16. The molecule has 1 rings (SSSR count). The van der Waals surface area contributed by atoms with Crippen molar-refractivity contribution < 1.29 is 0 Å². The van der Waals surface area contributed by atoms with E-state index in [0.717, 1.165) is 45.0 Å². The second-order valence-corrected chi connectivity index (χ2v) is 6.28. The normalized spacial score (nSPS) is 12.0. The monoisotopic (exact) mass is 281 g/mol. The van der Waals surface area contributed by atoms with E-state index in [2.05, 4.69) is 61.3 Å². The van der Waals surface area contributed by atoms with Gasteiger partial charge in [0.15, 0.2) is 0 Å². The number of likely N-dealkylation sites (N-methyl/N-ethyl adjacent to an activating group) is 1. The van der Waals surface area contributed by atoms with Crippen molar-refractivity contribution >= 4 is 0 Å². The van der Waals surface area contributed by atoms with Crippen molar-refractivity contribution in [1.82, 2.24) is 25.2 Å². The van der Waals surface area contributed by atoms with Gasteiger partial charge in [-0.3, -0.25) is 4.68 Å². The molecule has 5 nitrogen and oxygen atoms in total. The van der Waals surface area contributed by atoms with Gasteiger partial charge in [-0.1, -0.05) is 39.8 Å². The summed E-state index contributed by atoms with van der Waals surface area (Å²) in [6.45, 7) is 17.2. The first kappa shape index (κ1) is 17.1. The lowest BCUT2D eigenvalue weighted by Crippen LogP contribution is -2.31. The Hall–Kier alpha value is -0.940. The number of nitrogens with zero attached hydrogens (tertiary/aromatic N) is 4. The van der Waals surface area contributed by atoms with E-state index in [9.17, 15) is 0 Å². The SMILES string of the molecule is CCN(CCn1cc(CNCC(C)C)nn1)CC(C)C. The minimum Gasteiger partial charge on any atom is -0.311 e. The Morgan fingerprint density at radius 3 is 2.60 bits per heavy atom. The third kappa shape index (κ3) is 7.01. The van der Waals surface area contributed by atoms with Gasteiger partial charge in [0.1, 0.15) is 0 Å². The minimum atomic E-state index is 0.666. The van der Waals surface area contributed by atoms with E-state index in [-0.39, 0.29) is 0 Å². The van der Waals surface area contributed by atoms with Crippen molar-refractivity contribution in [3.05, 3.63) is 11.9 Å². The lowest BCUT2D eigenvalue weighted by atomic mass is 10.2. The highest BCUT2D eigenvalue weighted by molar-refractivity contribution is 4.91. The molecule has 0 saturated heterocycles. The van der Waals surface area contributed by atoms with Crippen LogP contribution in [0, 0.1) is 11.8 Å². The molecule has 0 spiro atoms. The number of hydrogen-bond acceptors (Lipinski definition) is 4. The molecule has 1 heterocycles. The quantitative estimate of drug-likeness (QED) is 0.712. The fraction of sp³-hybridized carbons (Fsp3) is 0.867. The molecule has 0 aliphatic heterocycles. The van der Waals surface area contributed by atoms with E-state index >= 15 is 0 Å². The first-order valence-electron chi connectivity index (χ1n) is 7.83. The molecule has 0 saturated carbocycles. The Kier molecular flexibility index (Phi) is 7.77. The Labute approximate surface area is 123 Å². The topological polar surface area (TPSA) is 46.0 Å². The molecular weight excluding hydrogens is 250 g/mol. The van der Waals surface area contributed by atoms with Gasteiger partial charge in [-0.15, -0.1) is 5.10 Å². The Bertz CT molecular complexity index is 359. The number of rotatable bonds is 10. The summed E-state index contributed by atoms with van der Waals surface area (Å²) in [7, 11) is 0. The second-order valence-electron chi connectivity index (χ2n) is 6.28. The zero-order valence-corrected chi connectivity index (χ0v) is 13.8. The molecule has 1 aromatic rings. The molecule has 0 fully saturated rings. The van der Waals surface area contributed by atoms with Crippen LogP contribution in [-0.2, 0) is 13.1 Å². The Morgan fingerprint density at radius 2 is 2.00 bits per heavy atom. The van der Waals surface area contributed by atoms with E-state index in [0.29, 0.717) is 11.8 Å². The highest BCUT2D eigenvalue weighted by Gasteiger charge is 2.06. The van der Waals surface area contributed by atoms with Crippen LogP contribution in [0.15, 0.2) is 6.20 Å². The van der Waals surface area contributed by atoms with Crippen molar-refractivity contribution in [2.24, 2.45) is 11.8 Å². The van der Waals surface area contributed by atoms with E-state index in [4.69, 9.17) is 0 Å². The van der Waals surface area contributed by atoms with Crippen LogP contribution in [0.25, 0.3) is 0 Å². The first-order valence-corrected chi connectivity index (χ1v) is 7.83. The molecule has 0 aliphatic carbocycles. The fourth-order valence-corrected chi connectivity index (χ4v) is 2.16. The van der Waals surface area contributed by atoms with Crippen molar-refractivity contribution in [3.63, 3.8) is 0 Å². The van der Waals surface area contributed by atoms with E-state index in [1.807, 2.05) is 4.68 Å². The van der Waals surface area contributed by atoms with Gasteiger partial charge < -0.3 is 10.2 Å². The van der Waals surface area contributed by atoms with Gasteiger partial charge in [0, 0.05) is 25.8 Å². The molecule has 0 radical (unpaired) electrons. The summed E-state index contributed by atoms with van der Waals surface area (Å²) in [5.74, 6) is 1.38. The average molecular weight is 281 g/mol. The molecule has 0 aromatic carbocycles. The lowest BCUT2D eigenvalue weighted by Gasteiger charge is -2.22. The summed E-state index contributed by atoms with van der Waals surface area (Å²) in [5, 5.41) is 11.8. The van der Waals surface area contributed by atoms with Gasteiger partial charge in [0.05, 0.1) is 12.2 Å². The van der Waals surface area contributed by atoms with Gasteiger partial charge in [-0.2, -0.15) is 0 Å². The molecule has 0 atom stereocenters. The van der Waals surface area contributed by atoms with Crippen LogP contribution in [0.2, 0.25) is 0 Å². The number of hydrogen-bond donors (Lipinski definition) is 1. The maximum absolute atomic E-state index is 4.21. The molecule has 116 valence electrons. The van der Waals surface area contributed by atoms with Crippen LogP contribution < -0.4 is 5.32 Å².